The number of carbonyl (C=O) groups is 1. The van der Waals surface area contributed by atoms with Gasteiger partial charge >= 0.3 is 0 Å². The van der Waals surface area contributed by atoms with Crippen LogP contribution in [0.15, 0.2) is 47.1 Å². The van der Waals surface area contributed by atoms with Crippen molar-refractivity contribution in [2.24, 2.45) is 5.92 Å². The minimum absolute atomic E-state index is 0.0244. The molecule has 1 aliphatic rings. The smallest absolute Gasteiger partial charge is 0.228 e. The molecule has 2 unspecified atom stereocenters. The van der Waals surface area contributed by atoms with Gasteiger partial charge in [0.05, 0.1) is 17.6 Å². The van der Waals surface area contributed by atoms with Gasteiger partial charge < -0.3 is 14.6 Å². The Kier molecular flexibility index (Phi) is 3.22. The van der Waals surface area contributed by atoms with Crippen LogP contribution in [-0.2, 0) is 4.79 Å². The zero-order chi connectivity index (χ0) is 14.1. The summed E-state index contributed by atoms with van der Waals surface area (Å²) in [6.45, 7) is 0. The standard InChI is InChI=1S/C16H18N2O2/c1-18(2)14-7-4-3-6-13(14)17-16(19)12-10-11(12)15-8-5-9-20-15/h3-9,11-12H,10H2,1-2H3,(H,17,19). The van der Waals surface area contributed by atoms with Crippen molar-refractivity contribution in [3.05, 3.63) is 48.4 Å². The number of hydrogen-bond acceptors (Lipinski definition) is 3. The van der Waals surface area contributed by atoms with Gasteiger partial charge in [-0.2, -0.15) is 0 Å². The fourth-order valence-electron chi connectivity index (χ4n) is 2.50. The Balaban J connectivity index is 1.69. The van der Waals surface area contributed by atoms with Crippen LogP contribution in [0.3, 0.4) is 0 Å². The van der Waals surface area contributed by atoms with Gasteiger partial charge in [-0.3, -0.25) is 4.79 Å². The first kappa shape index (κ1) is 12.8. The molecule has 2 atom stereocenters. The van der Waals surface area contributed by atoms with E-state index in [0.29, 0.717) is 0 Å². The molecule has 1 aromatic heterocycles. The number of para-hydroxylation sites is 2. The quantitative estimate of drug-likeness (QED) is 0.928. The molecule has 1 aromatic carbocycles. The summed E-state index contributed by atoms with van der Waals surface area (Å²) in [5.41, 5.74) is 1.86. The van der Waals surface area contributed by atoms with Crippen LogP contribution in [0.4, 0.5) is 11.4 Å². The molecule has 4 heteroatoms. The zero-order valence-electron chi connectivity index (χ0n) is 11.7. The van der Waals surface area contributed by atoms with Crippen molar-refractivity contribution in [1.29, 1.82) is 0 Å². The average Bonchev–Trinajstić information content (AvgIpc) is 3.05. The first-order valence-electron chi connectivity index (χ1n) is 6.77. The van der Waals surface area contributed by atoms with Crippen molar-refractivity contribution < 1.29 is 9.21 Å². The minimum atomic E-state index is 0.0244. The maximum absolute atomic E-state index is 12.3. The van der Waals surface area contributed by atoms with E-state index in [2.05, 4.69) is 5.32 Å². The molecule has 20 heavy (non-hydrogen) atoms. The van der Waals surface area contributed by atoms with Crippen molar-refractivity contribution >= 4 is 17.3 Å². The van der Waals surface area contributed by atoms with Crippen LogP contribution in [0.1, 0.15) is 18.1 Å². The lowest BCUT2D eigenvalue weighted by molar-refractivity contribution is -0.117. The lowest BCUT2D eigenvalue weighted by Crippen LogP contribution is -2.18. The van der Waals surface area contributed by atoms with E-state index in [0.717, 1.165) is 23.6 Å². The number of carbonyl (C=O) groups excluding carboxylic acids is 1. The molecule has 0 aliphatic heterocycles. The van der Waals surface area contributed by atoms with Crippen molar-refractivity contribution in [2.45, 2.75) is 12.3 Å². The Morgan fingerprint density at radius 1 is 1.25 bits per heavy atom. The number of anilines is 2. The third-order valence-corrected chi connectivity index (χ3v) is 3.68. The van der Waals surface area contributed by atoms with Crippen LogP contribution in [0.2, 0.25) is 0 Å². The van der Waals surface area contributed by atoms with E-state index in [-0.39, 0.29) is 17.7 Å². The highest BCUT2D eigenvalue weighted by atomic mass is 16.3. The molecule has 104 valence electrons. The van der Waals surface area contributed by atoms with Crippen LogP contribution in [0.5, 0.6) is 0 Å². The molecule has 3 rings (SSSR count). The Bertz CT molecular complexity index is 605. The number of furan rings is 1. The molecular weight excluding hydrogens is 252 g/mol. The molecule has 1 aliphatic carbocycles. The first-order chi connectivity index (χ1) is 9.66. The van der Waals surface area contributed by atoms with Crippen LogP contribution in [0.25, 0.3) is 0 Å². The summed E-state index contributed by atoms with van der Waals surface area (Å²) in [6.07, 6.45) is 2.52. The predicted molar refractivity (Wildman–Crippen MR) is 79.0 cm³/mol. The summed E-state index contributed by atoms with van der Waals surface area (Å²) >= 11 is 0. The molecule has 1 fully saturated rings. The fourth-order valence-corrected chi connectivity index (χ4v) is 2.50. The van der Waals surface area contributed by atoms with E-state index in [1.165, 1.54) is 0 Å². The highest BCUT2D eigenvalue weighted by Gasteiger charge is 2.45. The largest absolute Gasteiger partial charge is 0.469 e. The maximum atomic E-state index is 12.3. The molecular formula is C16H18N2O2. The molecule has 1 N–H and O–H groups in total. The highest BCUT2D eigenvalue weighted by molar-refractivity contribution is 5.97. The SMILES string of the molecule is CN(C)c1ccccc1NC(=O)C1CC1c1ccco1. The predicted octanol–water partition coefficient (Wildman–Crippen LogP) is 3.09. The zero-order valence-corrected chi connectivity index (χ0v) is 11.7. The second kappa shape index (κ2) is 5.04. The Labute approximate surface area is 118 Å². The number of nitrogens with one attached hydrogen (secondary N) is 1. The topological polar surface area (TPSA) is 45.5 Å². The van der Waals surface area contributed by atoms with Crippen LogP contribution in [-0.4, -0.2) is 20.0 Å². The molecule has 0 saturated heterocycles. The summed E-state index contributed by atoms with van der Waals surface area (Å²) in [4.78, 5) is 14.3. The monoisotopic (exact) mass is 270 g/mol. The molecule has 1 amide bonds. The van der Waals surface area contributed by atoms with E-state index in [4.69, 9.17) is 4.42 Å². The van der Waals surface area contributed by atoms with Gasteiger partial charge in [0.1, 0.15) is 5.76 Å². The molecule has 0 radical (unpaired) electrons. The van der Waals surface area contributed by atoms with E-state index in [1.807, 2.05) is 55.4 Å². The second-order valence-electron chi connectivity index (χ2n) is 5.36. The van der Waals surface area contributed by atoms with Gasteiger partial charge in [-0.15, -0.1) is 0 Å². The maximum Gasteiger partial charge on any atom is 0.228 e. The molecule has 1 saturated carbocycles. The van der Waals surface area contributed by atoms with Gasteiger partial charge in [-0.25, -0.2) is 0 Å². The molecule has 2 aromatic rings. The van der Waals surface area contributed by atoms with Crippen LogP contribution < -0.4 is 10.2 Å². The third kappa shape index (κ3) is 2.41. The Morgan fingerprint density at radius 3 is 2.75 bits per heavy atom. The van der Waals surface area contributed by atoms with Gasteiger partial charge in [-0.1, -0.05) is 12.1 Å². The van der Waals surface area contributed by atoms with Crippen LogP contribution >= 0.6 is 0 Å². The van der Waals surface area contributed by atoms with E-state index in [9.17, 15) is 4.79 Å². The van der Waals surface area contributed by atoms with E-state index in [1.54, 1.807) is 6.26 Å². The lowest BCUT2D eigenvalue weighted by Gasteiger charge is -2.17. The van der Waals surface area contributed by atoms with Gasteiger partial charge in [0.15, 0.2) is 0 Å². The first-order valence-corrected chi connectivity index (χ1v) is 6.77. The number of hydrogen-bond donors (Lipinski definition) is 1. The minimum Gasteiger partial charge on any atom is -0.469 e. The summed E-state index contributed by atoms with van der Waals surface area (Å²) in [5, 5.41) is 3.02. The number of benzene rings is 1. The lowest BCUT2D eigenvalue weighted by atomic mass is 10.2. The van der Waals surface area contributed by atoms with Crippen molar-refractivity contribution in [3.63, 3.8) is 0 Å². The normalized spacial score (nSPS) is 20.5. The summed E-state index contributed by atoms with van der Waals surface area (Å²) < 4.78 is 5.36. The van der Waals surface area contributed by atoms with Crippen molar-refractivity contribution in [3.8, 4) is 0 Å². The summed E-state index contributed by atoms with van der Waals surface area (Å²) in [7, 11) is 3.93. The fraction of sp³-hybridized carbons (Fsp3) is 0.312. The van der Waals surface area contributed by atoms with Gasteiger partial charge in [-0.05, 0) is 30.7 Å². The van der Waals surface area contributed by atoms with Gasteiger partial charge in [0, 0.05) is 25.9 Å². The van der Waals surface area contributed by atoms with Crippen LogP contribution in [0, 0.1) is 5.92 Å². The number of nitrogens with zero attached hydrogens (tertiary/aromatic N) is 1. The molecule has 1 heterocycles. The number of rotatable bonds is 4. The van der Waals surface area contributed by atoms with E-state index < -0.39 is 0 Å². The number of amides is 1. The average molecular weight is 270 g/mol. The third-order valence-electron chi connectivity index (χ3n) is 3.68. The second-order valence-corrected chi connectivity index (χ2v) is 5.36. The van der Waals surface area contributed by atoms with Gasteiger partial charge in [0.25, 0.3) is 0 Å². The molecule has 0 bridgehead atoms. The highest BCUT2D eigenvalue weighted by Crippen LogP contribution is 2.48. The molecule has 0 spiro atoms. The van der Waals surface area contributed by atoms with Crippen molar-refractivity contribution in [1.82, 2.24) is 0 Å². The van der Waals surface area contributed by atoms with Gasteiger partial charge in [0.2, 0.25) is 5.91 Å². The molecule has 4 nitrogen and oxygen atoms in total. The summed E-state index contributed by atoms with van der Waals surface area (Å²) in [6, 6.07) is 11.6. The summed E-state index contributed by atoms with van der Waals surface area (Å²) in [5.74, 6) is 1.24. The van der Waals surface area contributed by atoms with E-state index >= 15 is 0 Å². The van der Waals surface area contributed by atoms with Crippen molar-refractivity contribution in [2.75, 3.05) is 24.3 Å². The Hall–Kier alpha value is -2.23. The Morgan fingerprint density at radius 2 is 2.05 bits per heavy atom.